The second kappa shape index (κ2) is 9.97. The summed E-state index contributed by atoms with van der Waals surface area (Å²) in [7, 11) is 0. The molecule has 0 spiro atoms. The molecule has 0 N–H and O–H groups in total. The third kappa shape index (κ3) is 4.14. The highest BCUT2D eigenvalue weighted by Gasteiger charge is 2.49. The van der Waals surface area contributed by atoms with Gasteiger partial charge in [0, 0.05) is 50.6 Å². The van der Waals surface area contributed by atoms with Crippen LogP contribution in [0.4, 0.5) is 28.4 Å². The third-order valence-corrected chi connectivity index (χ3v) is 11.9. The van der Waals surface area contributed by atoms with Crippen LogP contribution in [0.25, 0.3) is 33.1 Å². The van der Waals surface area contributed by atoms with Crippen molar-refractivity contribution in [1.82, 2.24) is 0 Å². The fourth-order valence-corrected chi connectivity index (χ4v) is 9.16. The minimum absolute atomic E-state index is 0.0360. The summed E-state index contributed by atoms with van der Waals surface area (Å²) in [5.74, 6) is 0. The van der Waals surface area contributed by atoms with Gasteiger partial charge in [-0.2, -0.15) is 0 Å². The van der Waals surface area contributed by atoms with Gasteiger partial charge in [-0.25, -0.2) is 0 Å². The smallest absolute Gasteiger partial charge is 0.333 e. The second-order valence-corrected chi connectivity index (χ2v) is 17.5. The summed E-state index contributed by atoms with van der Waals surface area (Å²) in [6, 6.07) is 43.6. The maximum absolute atomic E-state index is 6.60. The molecule has 6 aromatic carbocycles. The molecular formula is C47H43BN2O. The number of rotatable bonds is 1. The van der Waals surface area contributed by atoms with Crippen molar-refractivity contribution in [1.29, 1.82) is 0 Å². The van der Waals surface area contributed by atoms with Gasteiger partial charge < -0.3 is 14.1 Å². The van der Waals surface area contributed by atoms with Crippen LogP contribution in [0.15, 0.2) is 120 Å². The minimum atomic E-state index is -0.160. The zero-order valence-corrected chi connectivity index (χ0v) is 30.8. The van der Waals surface area contributed by atoms with E-state index < -0.39 is 0 Å². The molecule has 3 aliphatic rings. The topological polar surface area (TPSA) is 19.6 Å². The van der Waals surface area contributed by atoms with Crippen molar-refractivity contribution in [2.45, 2.75) is 71.6 Å². The van der Waals surface area contributed by atoms with E-state index in [2.05, 4.69) is 180 Å². The van der Waals surface area contributed by atoms with Crippen molar-refractivity contribution in [3.8, 4) is 11.1 Å². The molecule has 51 heavy (non-hydrogen) atoms. The summed E-state index contributed by atoms with van der Waals surface area (Å²) >= 11 is 0. The van der Waals surface area contributed by atoms with E-state index in [4.69, 9.17) is 4.42 Å². The molecule has 1 aromatic heterocycles. The number of anilines is 5. The van der Waals surface area contributed by atoms with Gasteiger partial charge in [-0.3, -0.25) is 0 Å². The first kappa shape index (κ1) is 30.6. The molecule has 0 aliphatic carbocycles. The van der Waals surface area contributed by atoms with Crippen LogP contribution in [0.3, 0.4) is 0 Å². The van der Waals surface area contributed by atoms with Crippen LogP contribution in [-0.2, 0) is 16.2 Å². The molecular weight excluding hydrogens is 619 g/mol. The summed E-state index contributed by atoms with van der Waals surface area (Å²) in [4.78, 5) is 5.21. The zero-order chi connectivity index (χ0) is 35.2. The number of hydrogen-bond donors (Lipinski definition) is 0. The SMILES string of the molecule is CC(C)(C)c1ccc(N2B3c4cccc5c4N(c4ccccc4C5(C)C)c4cc(C(C)(C)C)cc(c43)-c3cc4c(cc32)oc2ccccc24)cc1. The van der Waals surface area contributed by atoms with Crippen LogP contribution >= 0.6 is 0 Å². The first-order chi connectivity index (χ1) is 24.3. The number of nitrogens with zero attached hydrogens (tertiary/aromatic N) is 2. The van der Waals surface area contributed by atoms with E-state index >= 15 is 0 Å². The van der Waals surface area contributed by atoms with E-state index in [-0.39, 0.29) is 23.1 Å². The van der Waals surface area contributed by atoms with E-state index in [9.17, 15) is 0 Å². The van der Waals surface area contributed by atoms with Gasteiger partial charge in [-0.1, -0.05) is 128 Å². The molecule has 4 heterocycles. The van der Waals surface area contributed by atoms with Gasteiger partial charge in [-0.05, 0) is 86.0 Å². The van der Waals surface area contributed by atoms with Crippen LogP contribution in [0.5, 0.6) is 0 Å². The third-order valence-electron chi connectivity index (χ3n) is 11.9. The number of fused-ring (bicyclic) bond motifs is 9. The number of furan rings is 1. The maximum Gasteiger partial charge on any atom is 0.333 e. The number of hydrogen-bond acceptors (Lipinski definition) is 3. The molecule has 0 fully saturated rings. The lowest BCUT2D eigenvalue weighted by Crippen LogP contribution is -2.62. The Hall–Kier alpha value is -5.22. The van der Waals surface area contributed by atoms with Gasteiger partial charge in [0.15, 0.2) is 0 Å². The Labute approximate surface area is 301 Å². The molecule has 250 valence electrons. The van der Waals surface area contributed by atoms with Crippen molar-refractivity contribution < 1.29 is 4.42 Å². The predicted molar refractivity (Wildman–Crippen MR) is 217 cm³/mol. The molecule has 7 aromatic rings. The summed E-state index contributed by atoms with van der Waals surface area (Å²) < 4.78 is 6.60. The van der Waals surface area contributed by atoms with E-state index in [1.54, 1.807) is 0 Å². The van der Waals surface area contributed by atoms with Crippen molar-refractivity contribution >= 4 is 68.1 Å². The predicted octanol–water partition coefficient (Wildman–Crippen LogP) is 11.5. The van der Waals surface area contributed by atoms with E-state index in [1.807, 2.05) is 0 Å². The van der Waals surface area contributed by atoms with Crippen LogP contribution in [0.1, 0.15) is 77.6 Å². The van der Waals surface area contributed by atoms with Gasteiger partial charge in [-0.15, -0.1) is 0 Å². The quantitative estimate of drug-likeness (QED) is 0.163. The highest BCUT2D eigenvalue weighted by molar-refractivity contribution is 6.93. The van der Waals surface area contributed by atoms with Gasteiger partial charge in [0.1, 0.15) is 11.2 Å². The monoisotopic (exact) mass is 662 g/mol. The average Bonchev–Trinajstić information content (AvgIpc) is 3.47. The summed E-state index contributed by atoms with van der Waals surface area (Å²) in [6.45, 7) is 18.6. The Balaban J connectivity index is 1.37. The Morgan fingerprint density at radius 2 is 1.27 bits per heavy atom. The van der Waals surface area contributed by atoms with Crippen LogP contribution in [0.2, 0.25) is 0 Å². The van der Waals surface area contributed by atoms with Crippen LogP contribution < -0.4 is 20.6 Å². The first-order valence-corrected chi connectivity index (χ1v) is 18.4. The molecule has 10 rings (SSSR count). The highest BCUT2D eigenvalue weighted by atomic mass is 16.3. The van der Waals surface area contributed by atoms with Crippen LogP contribution in [-0.4, -0.2) is 6.85 Å². The second-order valence-electron chi connectivity index (χ2n) is 17.5. The summed E-state index contributed by atoms with van der Waals surface area (Å²) in [5.41, 5.74) is 18.6. The van der Waals surface area contributed by atoms with Crippen molar-refractivity contribution in [3.05, 3.63) is 138 Å². The lowest BCUT2D eigenvalue weighted by molar-refractivity contribution is 0.590. The maximum atomic E-state index is 6.60. The van der Waals surface area contributed by atoms with Crippen molar-refractivity contribution in [2.75, 3.05) is 9.71 Å². The average molecular weight is 663 g/mol. The Kier molecular flexibility index (Phi) is 5.98. The minimum Gasteiger partial charge on any atom is -0.456 e. The standard InChI is InChI=1S/C47H43BN2O/c1-45(2,3)28-20-22-30(23-21-28)50-39-27-42-33(31-14-9-12-19-41(31)51-42)26-32(39)34-24-29(46(4,5)6)25-40-43(34)48(50)37-17-13-16-36-44(37)49(40)38-18-11-10-15-35(38)47(36,7)8/h9-27H,1-8H3. The molecule has 0 saturated carbocycles. The fraction of sp³-hybridized carbons (Fsp3) is 0.234. The highest BCUT2D eigenvalue weighted by Crippen LogP contribution is 2.55. The van der Waals surface area contributed by atoms with Crippen molar-refractivity contribution in [3.63, 3.8) is 0 Å². The lowest BCUT2D eigenvalue weighted by Gasteiger charge is -2.50. The van der Waals surface area contributed by atoms with Crippen molar-refractivity contribution in [2.24, 2.45) is 0 Å². The summed E-state index contributed by atoms with van der Waals surface area (Å²) in [6.07, 6.45) is 0. The summed E-state index contributed by atoms with van der Waals surface area (Å²) in [5, 5.41) is 2.31. The van der Waals surface area contributed by atoms with E-state index in [0.717, 1.165) is 21.9 Å². The molecule has 3 aliphatic heterocycles. The van der Waals surface area contributed by atoms with Gasteiger partial charge in [0.25, 0.3) is 0 Å². The largest absolute Gasteiger partial charge is 0.456 e. The Bertz CT molecular complexity index is 2600. The van der Waals surface area contributed by atoms with Gasteiger partial charge in [0.05, 0.1) is 5.69 Å². The Morgan fingerprint density at radius 1 is 0.569 bits per heavy atom. The molecule has 0 bridgehead atoms. The van der Waals surface area contributed by atoms with Crippen LogP contribution in [0, 0.1) is 0 Å². The zero-order valence-electron chi connectivity index (χ0n) is 30.8. The fourth-order valence-electron chi connectivity index (χ4n) is 9.16. The number of para-hydroxylation sites is 3. The lowest BCUT2D eigenvalue weighted by atomic mass is 9.42. The van der Waals surface area contributed by atoms with E-state index in [1.165, 1.54) is 72.7 Å². The molecule has 0 radical (unpaired) electrons. The molecule has 3 nitrogen and oxygen atoms in total. The van der Waals surface area contributed by atoms with E-state index in [0.29, 0.717) is 0 Å². The molecule has 0 unspecified atom stereocenters. The van der Waals surface area contributed by atoms with Gasteiger partial charge >= 0.3 is 6.85 Å². The normalized spacial score (nSPS) is 15.5. The number of benzene rings is 6. The molecule has 0 atom stereocenters. The first-order valence-electron chi connectivity index (χ1n) is 18.4. The molecule has 4 heteroatoms. The van der Waals surface area contributed by atoms with Gasteiger partial charge in [0.2, 0.25) is 0 Å². The Morgan fingerprint density at radius 3 is 2.04 bits per heavy atom. The molecule has 0 saturated heterocycles. The molecule has 0 amide bonds.